The van der Waals surface area contributed by atoms with Crippen molar-refractivity contribution in [1.82, 2.24) is 10.2 Å². The van der Waals surface area contributed by atoms with Crippen LogP contribution in [0, 0.1) is 6.92 Å². The molecular formula is C45H83N3O6S. The van der Waals surface area contributed by atoms with Crippen LogP contribution >= 0.6 is 0 Å². The molecule has 1 aromatic carbocycles. The van der Waals surface area contributed by atoms with E-state index in [9.17, 15) is 22.6 Å². The van der Waals surface area contributed by atoms with Gasteiger partial charge in [-0.2, -0.15) is 0 Å². The molecule has 0 aromatic heterocycles. The summed E-state index contributed by atoms with van der Waals surface area (Å²) in [5.74, 6) is 0.512. The van der Waals surface area contributed by atoms with E-state index in [-0.39, 0.29) is 17.4 Å². The van der Waals surface area contributed by atoms with E-state index in [1.54, 1.807) is 12.1 Å². The summed E-state index contributed by atoms with van der Waals surface area (Å²) >= 11 is 0. The molecule has 0 bridgehead atoms. The van der Waals surface area contributed by atoms with Gasteiger partial charge in [0.05, 0.1) is 25.0 Å². The summed E-state index contributed by atoms with van der Waals surface area (Å²) in [5, 5.41) is 12.2. The standard InChI is InChI=1S/C38H75N3O3.C7H8O3S/c1-3-4-5-6-7-8-9-10-11-12-13-14-15-16-17-18-19-20-23-29-37(43)39-31-24-26-34-41(2,33-25-21-22-27-35-42)36-40-32-28-30-38(40)44;1-6-2-4-7(5-3-6)11(8,9)10/h42H,3-36H2,1-2H3;2-5H,1H3,(H,8,9,10). The molecule has 2 rings (SSSR count). The van der Waals surface area contributed by atoms with Crippen molar-refractivity contribution in [2.75, 3.05) is 46.5 Å². The average Bonchev–Trinajstić information content (AvgIpc) is 3.55. The Balaban J connectivity index is 0.00000117. The zero-order chi connectivity index (χ0) is 40.5. The molecular weight excluding hydrogens is 711 g/mol. The van der Waals surface area contributed by atoms with Crippen LogP contribution in [0.4, 0.5) is 0 Å². The Hall–Kier alpha value is -2.01. The summed E-state index contributed by atoms with van der Waals surface area (Å²) < 4.78 is 32.1. The third kappa shape index (κ3) is 29.0. The zero-order valence-electron chi connectivity index (χ0n) is 35.6. The van der Waals surface area contributed by atoms with Crippen molar-refractivity contribution in [3.8, 4) is 0 Å². The minimum Gasteiger partial charge on any atom is -0.744 e. The number of quaternary nitrogens is 1. The molecule has 2 amide bonds. The van der Waals surface area contributed by atoms with E-state index in [1.165, 1.54) is 128 Å². The number of amides is 2. The van der Waals surface area contributed by atoms with E-state index in [0.717, 1.165) is 94.3 Å². The second-order valence-corrected chi connectivity index (χ2v) is 17.9. The van der Waals surface area contributed by atoms with E-state index in [4.69, 9.17) is 5.11 Å². The number of rotatable bonds is 34. The third-order valence-electron chi connectivity index (χ3n) is 11.1. The first-order valence-electron chi connectivity index (χ1n) is 22.5. The average molecular weight is 794 g/mol. The van der Waals surface area contributed by atoms with E-state index in [0.29, 0.717) is 18.7 Å². The van der Waals surface area contributed by atoms with E-state index >= 15 is 0 Å². The minimum absolute atomic E-state index is 0.178. The molecule has 320 valence electrons. The number of nitrogens with zero attached hydrogens (tertiary/aromatic N) is 2. The molecule has 2 N–H and O–H groups in total. The van der Waals surface area contributed by atoms with E-state index < -0.39 is 10.1 Å². The molecule has 1 saturated heterocycles. The number of carbonyl (C=O) groups is 2. The van der Waals surface area contributed by atoms with Gasteiger partial charge in [-0.05, 0) is 64.0 Å². The van der Waals surface area contributed by atoms with Crippen LogP contribution in [0.3, 0.4) is 0 Å². The number of aryl methyl sites for hydroxylation is 1. The van der Waals surface area contributed by atoms with Crippen molar-refractivity contribution in [1.29, 1.82) is 0 Å². The number of likely N-dealkylation sites (tertiary alicyclic amines) is 1. The van der Waals surface area contributed by atoms with Gasteiger partial charge >= 0.3 is 0 Å². The lowest BCUT2D eigenvalue weighted by atomic mass is 10.0. The molecule has 1 unspecified atom stereocenters. The predicted octanol–water partition coefficient (Wildman–Crippen LogP) is 10.2. The lowest BCUT2D eigenvalue weighted by molar-refractivity contribution is -0.918. The predicted molar refractivity (Wildman–Crippen MR) is 227 cm³/mol. The summed E-state index contributed by atoms with van der Waals surface area (Å²) in [7, 11) is -1.98. The fraction of sp³-hybridized carbons (Fsp3) is 0.822. The Bertz CT molecular complexity index is 1200. The molecule has 0 radical (unpaired) electrons. The number of benzene rings is 1. The summed E-state index contributed by atoms with van der Waals surface area (Å²) in [6.45, 7) is 8.97. The highest BCUT2D eigenvalue weighted by Gasteiger charge is 2.29. The van der Waals surface area contributed by atoms with Gasteiger partial charge < -0.3 is 19.5 Å². The number of aliphatic hydroxyl groups is 1. The smallest absolute Gasteiger partial charge is 0.226 e. The normalized spacial score (nSPS) is 14.1. The molecule has 1 atom stereocenters. The first-order chi connectivity index (χ1) is 26.5. The van der Waals surface area contributed by atoms with Gasteiger partial charge in [0.2, 0.25) is 11.8 Å². The molecule has 9 nitrogen and oxygen atoms in total. The zero-order valence-corrected chi connectivity index (χ0v) is 36.5. The maximum atomic E-state index is 12.3. The highest BCUT2D eigenvalue weighted by Crippen LogP contribution is 2.18. The number of unbranched alkanes of at least 4 members (excludes halogenated alkanes) is 22. The van der Waals surface area contributed by atoms with Crippen LogP contribution in [-0.4, -0.2) is 85.8 Å². The molecule has 0 saturated carbocycles. The third-order valence-corrected chi connectivity index (χ3v) is 11.9. The van der Waals surface area contributed by atoms with Gasteiger partial charge in [-0.25, -0.2) is 8.42 Å². The molecule has 0 aliphatic carbocycles. The number of hydrogen-bond acceptors (Lipinski definition) is 6. The molecule has 1 aliphatic rings. The van der Waals surface area contributed by atoms with Crippen LogP contribution in [-0.2, 0) is 19.7 Å². The lowest BCUT2D eigenvalue weighted by Gasteiger charge is -2.38. The molecule has 55 heavy (non-hydrogen) atoms. The Morgan fingerprint density at radius 2 is 1.18 bits per heavy atom. The first-order valence-corrected chi connectivity index (χ1v) is 23.9. The Kier molecular flexibility index (Phi) is 30.6. The quantitative estimate of drug-likeness (QED) is 0.0406. The van der Waals surface area contributed by atoms with Crippen LogP contribution in [0.5, 0.6) is 0 Å². The van der Waals surface area contributed by atoms with Gasteiger partial charge in [0, 0.05) is 32.5 Å². The fourth-order valence-electron chi connectivity index (χ4n) is 7.48. The van der Waals surface area contributed by atoms with Crippen molar-refractivity contribution >= 4 is 21.9 Å². The van der Waals surface area contributed by atoms with Crippen molar-refractivity contribution in [2.24, 2.45) is 0 Å². The van der Waals surface area contributed by atoms with Crippen LogP contribution in [0.25, 0.3) is 0 Å². The lowest BCUT2D eigenvalue weighted by Crippen LogP contribution is -2.53. The van der Waals surface area contributed by atoms with E-state index in [2.05, 4.69) is 24.2 Å². The summed E-state index contributed by atoms with van der Waals surface area (Å²) in [6.07, 6.45) is 34.7. The number of aliphatic hydroxyl groups excluding tert-OH is 1. The van der Waals surface area contributed by atoms with Gasteiger partial charge in [-0.15, -0.1) is 0 Å². The SMILES string of the molecule is CCCCCCCCCCCCCCCCCCCCCC(=O)NCCCC[N+](C)(CCCCCCO)CN1CCCC1=O.Cc1ccc(S(=O)(=O)[O-])cc1. The van der Waals surface area contributed by atoms with Crippen molar-refractivity contribution in [2.45, 2.75) is 199 Å². The van der Waals surface area contributed by atoms with Crippen molar-refractivity contribution in [3.05, 3.63) is 29.8 Å². The molecule has 0 spiro atoms. The summed E-state index contributed by atoms with van der Waals surface area (Å²) in [6, 6.07) is 5.78. The topological polar surface area (TPSA) is 127 Å². The van der Waals surface area contributed by atoms with Crippen molar-refractivity contribution < 1.29 is 32.1 Å². The Labute approximate surface area is 338 Å². The molecule has 10 heteroatoms. The van der Waals surface area contributed by atoms with E-state index in [1.807, 2.05) is 6.92 Å². The van der Waals surface area contributed by atoms with Crippen molar-refractivity contribution in [3.63, 3.8) is 0 Å². The largest absolute Gasteiger partial charge is 0.744 e. The number of nitrogens with one attached hydrogen (secondary N) is 1. The Morgan fingerprint density at radius 3 is 1.64 bits per heavy atom. The summed E-state index contributed by atoms with van der Waals surface area (Å²) in [4.78, 5) is 26.4. The fourth-order valence-corrected chi connectivity index (χ4v) is 7.95. The van der Waals surface area contributed by atoms with Crippen LogP contribution < -0.4 is 5.32 Å². The minimum atomic E-state index is -4.27. The van der Waals surface area contributed by atoms with Gasteiger partial charge in [0.1, 0.15) is 10.1 Å². The van der Waals surface area contributed by atoms with Gasteiger partial charge in [-0.1, -0.05) is 147 Å². The van der Waals surface area contributed by atoms with Gasteiger partial charge in [0.15, 0.2) is 6.67 Å². The maximum absolute atomic E-state index is 12.3. The van der Waals surface area contributed by atoms with Crippen LogP contribution in [0.2, 0.25) is 0 Å². The highest BCUT2D eigenvalue weighted by atomic mass is 32.2. The maximum Gasteiger partial charge on any atom is 0.226 e. The first kappa shape index (κ1) is 51.0. The molecule has 1 fully saturated rings. The number of hydrogen-bond donors (Lipinski definition) is 2. The second kappa shape index (κ2) is 33.0. The summed E-state index contributed by atoms with van der Waals surface area (Å²) in [5.41, 5.74) is 0.928. The van der Waals surface area contributed by atoms with Crippen LogP contribution in [0.15, 0.2) is 29.2 Å². The Morgan fingerprint density at radius 1 is 0.727 bits per heavy atom. The van der Waals surface area contributed by atoms with Gasteiger partial charge in [-0.3, -0.25) is 14.5 Å². The molecule has 1 aliphatic heterocycles. The molecule has 1 heterocycles. The highest BCUT2D eigenvalue weighted by molar-refractivity contribution is 7.85. The van der Waals surface area contributed by atoms with Crippen LogP contribution in [0.1, 0.15) is 192 Å². The molecule has 1 aromatic rings. The second-order valence-electron chi connectivity index (χ2n) is 16.5. The number of carbonyl (C=O) groups excluding carboxylic acids is 2. The van der Waals surface area contributed by atoms with Gasteiger partial charge in [0.25, 0.3) is 0 Å². The monoisotopic (exact) mass is 794 g/mol.